The largest absolute Gasteiger partial charge is 0.497 e. The SMILES string of the molecule is COc1ccc(-c2noc(CN(C(=O)COc3ccccc3)C3CCCCC3)n2)cc1. The van der Waals surface area contributed by atoms with Crippen LogP contribution in [0.15, 0.2) is 59.1 Å². The Hall–Kier alpha value is -3.35. The number of para-hydroxylation sites is 1. The molecule has 1 saturated carbocycles. The second-order valence-electron chi connectivity index (χ2n) is 7.66. The number of methoxy groups -OCH3 is 1. The van der Waals surface area contributed by atoms with Crippen LogP contribution in [0.4, 0.5) is 0 Å². The molecule has 1 aliphatic carbocycles. The Morgan fingerprint density at radius 3 is 2.48 bits per heavy atom. The molecule has 0 bridgehead atoms. The van der Waals surface area contributed by atoms with Gasteiger partial charge in [0.25, 0.3) is 5.91 Å². The van der Waals surface area contributed by atoms with Crippen molar-refractivity contribution in [1.29, 1.82) is 0 Å². The number of carbonyl (C=O) groups excluding carboxylic acids is 1. The maximum atomic E-state index is 13.1. The molecule has 0 aliphatic heterocycles. The third-order valence-corrected chi connectivity index (χ3v) is 5.56. The third-order valence-electron chi connectivity index (χ3n) is 5.56. The van der Waals surface area contributed by atoms with Crippen molar-refractivity contribution in [3.8, 4) is 22.9 Å². The molecule has 1 heterocycles. The number of rotatable bonds is 8. The van der Waals surface area contributed by atoms with Crippen LogP contribution < -0.4 is 9.47 Å². The minimum Gasteiger partial charge on any atom is -0.497 e. The van der Waals surface area contributed by atoms with Crippen molar-refractivity contribution in [2.45, 2.75) is 44.7 Å². The first-order valence-corrected chi connectivity index (χ1v) is 10.7. The molecule has 0 spiro atoms. The van der Waals surface area contributed by atoms with E-state index in [-0.39, 0.29) is 25.1 Å². The highest BCUT2D eigenvalue weighted by Gasteiger charge is 2.27. The quantitative estimate of drug-likeness (QED) is 0.533. The molecule has 162 valence electrons. The molecule has 2 aromatic carbocycles. The second kappa shape index (κ2) is 10.1. The van der Waals surface area contributed by atoms with Gasteiger partial charge in [-0.25, -0.2) is 0 Å². The van der Waals surface area contributed by atoms with E-state index in [9.17, 15) is 4.79 Å². The van der Waals surface area contributed by atoms with Gasteiger partial charge in [-0.05, 0) is 49.2 Å². The van der Waals surface area contributed by atoms with Crippen LogP contribution in [0.1, 0.15) is 38.0 Å². The van der Waals surface area contributed by atoms with Gasteiger partial charge < -0.3 is 18.9 Å². The number of hydrogen-bond acceptors (Lipinski definition) is 6. The van der Waals surface area contributed by atoms with Crippen molar-refractivity contribution in [3.05, 3.63) is 60.5 Å². The summed E-state index contributed by atoms with van der Waals surface area (Å²) in [6, 6.07) is 17.0. The lowest BCUT2D eigenvalue weighted by molar-refractivity contribution is -0.137. The second-order valence-corrected chi connectivity index (χ2v) is 7.66. The minimum absolute atomic E-state index is 0.0139. The Kier molecular flexibility index (Phi) is 6.82. The summed E-state index contributed by atoms with van der Waals surface area (Å²) in [6.45, 7) is 0.269. The molecule has 7 heteroatoms. The molecule has 0 radical (unpaired) electrons. The van der Waals surface area contributed by atoms with Gasteiger partial charge in [-0.15, -0.1) is 0 Å². The van der Waals surface area contributed by atoms with Crippen LogP contribution in [0.3, 0.4) is 0 Å². The molecule has 4 rings (SSSR count). The molecular weight excluding hydrogens is 394 g/mol. The molecule has 7 nitrogen and oxygen atoms in total. The number of carbonyl (C=O) groups is 1. The average Bonchev–Trinajstić information content (AvgIpc) is 3.31. The molecule has 0 atom stereocenters. The van der Waals surface area contributed by atoms with Gasteiger partial charge in [-0.1, -0.05) is 42.6 Å². The summed E-state index contributed by atoms with van der Waals surface area (Å²) in [7, 11) is 1.62. The number of amides is 1. The van der Waals surface area contributed by atoms with Crippen molar-refractivity contribution < 1.29 is 18.8 Å². The number of benzene rings is 2. The number of ether oxygens (including phenoxy) is 2. The lowest BCUT2D eigenvalue weighted by atomic mass is 9.94. The van der Waals surface area contributed by atoms with Gasteiger partial charge in [0.1, 0.15) is 18.0 Å². The van der Waals surface area contributed by atoms with Crippen LogP contribution in [-0.2, 0) is 11.3 Å². The molecule has 3 aromatic rings. The Balaban J connectivity index is 1.46. The van der Waals surface area contributed by atoms with E-state index in [1.54, 1.807) is 7.11 Å². The predicted molar refractivity (Wildman–Crippen MR) is 116 cm³/mol. The van der Waals surface area contributed by atoms with Gasteiger partial charge >= 0.3 is 0 Å². The topological polar surface area (TPSA) is 77.7 Å². The maximum absolute atomic E-state index is 13.1. The lowest BCUT2D eigenvalue weighted by Crippen LogP contribution is -2.43. The van der Waals surface area contributed by atoms with E-state index >= 15 is 0 Å². The van der Waals surface area contributed by atoms with E-state index in [0.29, 0.717) is 17.5 Å². The summed E-state index contributed by atoms with van der Waals surface area (Å²) in [6.07, 6.45) is 5.41. The normalized spacial score (nSPS) is 14.2. The first-order valence-electron chi connectivity index (χ1n) is 10.7. The smallest absolute Gasteiger partial charge is 0.261 e. The average molecular weight is 421 g/mol. The van der Waals surface area contributed by atoms with Gasteiger partial charge in [0.15, 0.2) is 6.61 Å². The fourth-order valence-electron chi connectivity index (χ4n) is 3.88. The maximum Gasteiger partial charge on any atom is 0.261 e. The summed E-state index contributed by atoms with van der Waals surface area (Å²) in [5, 5.41) is 4.10. The summed E-state index contributed by atoms with van der Waals surface area (Å²) in [5.74, 6) is 2.29. The Labute approximate surface area is 182 Å². The Bertz CT molecular complexity index is 966. The van der Waals surface area contributed by atoms with Crippen molar-refractivity contribution in [1.82, 2.24) is 15.0 Å². The zero-order valence-electron chi connectivity index (χ0n) is 17.7. The fourth-order valence-corrected chi connectivity index (χ4v) is 3.88. The van der Waals surface area contributed by atoms with Crippen molar-refractivity contribution in [2.24, 2.45) is 0 Å². The standard InChI is InChI=1S/C24H27N3O4/c1-29-20-14-12-18(13-15-20)24-25-22(31-26-24)16-27(19-8-4-2-5-9-19)23(28)17-30-21-10-6-3-7-11-21/h3,6-7,10-15,19H,2,4-5,8-9,16-17H2,1H3. The molecule has 0 N–H and O–H groups in total. The molecule has 0 saturated heterocycles. The Morgan fingerprint density at radius 1 is 1.03 bits per heavy atom. The summed E-state index contributed by atoms with van der Waals surface area (Å²) < 4.78 is 16.4. The summed E-state index contributed by atoms with van der Waals surface area (Å²) in [4.78, 5) is 19.4. The summed E-state index contributed by atoms with van der Waals surface area (Å²) >= 11 is 0. The summed E-state index contributed by atoms with van der Waals surface area (Å²) in [5.41, 5.74) is 0.832. The zero-order valence-corrected chi connectivity index (χ0v) is 17.7. The molecule has 1 aliphatic rings. The van der Waals surface area contributed by atoms with Crippen molar-refractivity contribution >= 4 is 5.91 Å². The lowest BCUT2D eigenvalue weighted by Gasteiger charge is -2.33. The van der Waals surface area contributed by atoms with E-state index in [1.807, 2.05) is 59.5 Å². The molecule has 1 aromatic heterocycles. The van der Waals surface area contributed by atoms with Crippen LogP contribution in [-0.4, -0.2) is 40.7 Å². The van der Waals surface area contributed by atoms with E-state index < -0.39 is 0 Å². The number of nitrogens with zero attached hydrogens (tertiary/aromatic N) is 3. The van der Waals surface area contributed by atoms with Gasteiger partial charge in [0.2, 0.25) is 11.7 Å². The zero-order chi connectivity index (χ0) is 21.5. The van der Waals surface area contributed by atoms with E-state index in [2.05, 4.69) is 10.1 Å². The highest BCUT2D eigenvalue weighted by atomic mass is 16.5. The predicted octanol–water partition coefficient (Wildman–Crippen LogP) is 4.49. The van der Waals surface area contributed by atoms with Gasteiger partial charge in [0, 0.05) is 11.6 Å². The van der Waals surface area contributed by atoms with Crippen molar-refractivity contribution in [2.75, 3.05) is 13.7 Å². The third kappa shape index (κ3) is 5.42. The first-order chi connectivity index (χ1) is 15.2. The molecular formula is C24H27N3O4. The molecule has 31 heavy (non-hydrogen) atoms. The molecule has 1 fully saturated rings. The highest BCUT2D eigenvalue weighted by Crippen LogP contribution is 2.25. The van der Waals surface area contributed by atoms with Crippen molar-refractivity contribution in [3.63, 3.8) is 0 Å². The molecule has 1 amide bonds. The van der Waals surface area contributed by atoms with E-state index in [1.165, 1.54) is 6.42 Å². The first kappa shape index (κ1) is 20.9. The monoisotopic (exact) mass is 421 g/mol. The molecule has 0 unspecified atom stereocenters. The van der Waals surface area contributed by atoms with Crippen LogP contribution in [0.25, 0.3) is 11.4 Å². The van der Waals surface area contributed by atoms with Gasteiger partial charge in [-0.3, -0.25) is 4.79 Å². The van der Waals surface area contributed by atoms with Gasteiger partial charge in [0.05, 0.1) is 7.11 Å². The van der Waals surface area contributed by atoms with E-state index in [4.69, 9.17) is 14.0 Å². The fraction of sp³-hybridized carbons (Fsp3) is 0.375. The number of hydrogen-bond donors (Lipinski definition) is 0. The Morgan fingerprint density at radius 2 is 1.77 bits per heavy atom. The highest BCUT2D eigenvalue weighted by molar-refractivity contribution is 5.78. The van der Waals surface area contributed by atoms with Crippen LogP contribution in [0, 0.1) is 0 Å². The number of aromatic nitrogens is 2. The van der Waals surface area contributed by atoms with Gasteiger partial charge in [-0.2, -0.15) is 4.98 Å². The van der Waals surface area contributed by atoms with Crippen LogP contribution in [0.2, 0.25) is 0 Å². The van der Waals surface area contributed by atoms with E-state index in [0.717, 1.165) is 37.0 Å². The van der Waals surface area contributed by atoms with Crippen LogP contribution >= 0.6 is 0 Å². The van der Waals surface area contributed by atoms with Crippen LogP contribution in [0.5, 0.6) is 11.5 Å². The minimum atomic E-state index is -0.0695.